The lowest BCUT2D eigenvalue weighted by molar-refractivity contribution is -0.140. The van der Waals surface area contributed by atoms with E-state index in [1.165, 1.54) is 22.4 Å². The number of anilines is 1. The fourth-order valence-corrected chi connectivity index (χ4v) is 5.28. The number of benzene rings is 2. The summed E-state index contributed by atoms with van der Waals surface area (Å²) in [5.41, 5.74) is 1.26. The van der Waals surface area contributed by atoms with Crippen molar-refractivity contribution in [3.05, 3.63) is 57.5 Å². The summed E-state index contributed by atoms with van der Waals surface area (Å²) in [7, 11) is -2.15. The molecule has 0 aliphatic carbocycles. The molecule has 2 rings (SSSR count). The lowest BCUT2D eigenvalue weighted by atomic mass is 10.1. The second kappa shape index (κ2) is 13.9. The molecule has 2 amide bonds. The molecule has 2 aromatic carbocycles. The van der Waals surface area contributed by atoms with Crippen LogP contribution in [-0.2, 0) is 26.2 Å². The Labute approximate surface area is 227 Å². The minimum absolute atomic E-state index is 0.0648. The maximum Gasteiger partial charge on any atom is 0.242 e. The number of rotatable bonds is 13. The molecule has 0 aromatic heterocycles. The van der Waals surface area contributed by atoms with Crippen molar-refractivity contribution in [2.24, 2.45) is 0 Å². The van der Waals surface area contributed by atoms with Crippen LogP contribution >= 0.6 is 27.5 Å². The molecule has 36 heavy (non-hydrogen) atoms. The van der Waals surface area contributed by atoms with Crippen molar-refractivity contribution in [2.75, 3.05) is 30.8 Å². The Balaban J connectivity index is 2.18. The second-order valence-electron chi connectivity index (χ2n) is 8.38. The van der Waals surface area contributed by atoms with Crippen LogP contribution in [0.4, 0.5) is 5.69 Å². The molecule has 0 bridgehead atoms. The highest BCUT2D eigenvalue weighted by atomic mass is 79.9. The molecule has 0 heterocycles. The van der Waals surface area contributed by atoms with Crippen molar-refractivity contribution < 1.29 is 22.7 Å². The van der Waals surface area contributed by atoms with E-state index in [4.69, 9.17) is 16.3 Å². The Kier molecular flexibility index (Phi) is 11.5. The van der Waals surface area contributed by atoms with Crippen molar-refractivity contribution in [1.82, 2.24) is 10.2 Å². The zero-order chi connectivity index (χ0) is 26.9. The van der Waals surface area contributed by atoms with Gasteiger partial charge in [-0.3, -0.25) is 13.9 Å². The summed E-state index contributed by atoms with van der Waals surface area (Å²) in [6.45, 7) is 4.51. The summed E-state index contributed by atoms with van der Waals surface area (Å²) in [6, 6.07) is 11.6. The zero-order valence-electron chi connectivity index (χ0n) is 21.0. The van der Waals surface area contributed by atoms with E-state index in [1.54, 1.807) is 19.1 Å². The number of carbonyl (C=O) groups excluding carboxylic acids is 2. The van der Waals surface area contributed by atoms with E-state index >= 15 is 0 Å². The number of sulfonamides is 1. The molecular formula is C25H33BrClN3O5S. The average molecular weight is 603 g/mol. The summed E-state index contributed by atoms with van der Waals surface area (Å²) in [5, 5.41) is 3.13. The smallest absolute Gasteiger partial charge is 0.242 e. The van der Waals surface area contributed by atoms with Crippen LogP contribution in [0.3, 0.4) is 0 Å². The predicted octanol–water partition coefficient (Wildman–Crippen LogP) is 4.60. The molecule has 0 radical (unpaired) electrons. The minimum Gasteiger partial charge on any atom is -0.495 e. The highest BCUT2D eigenvalue weighted by Gasteiger charge is 2.26. The van der Waals surface area contributed by atoms with Crippen LogP contribution in [0.25, 0.3) is 0 Å². The Morgan fingerprint density at radius 2 is 1.92 bits per heavy atom. The summed E-state index contributed by atoms with van der Waals surface area (Å²) in [5.74, 6) is -0.0382. The number of nitrogens with one attached hydrogen (secondary N) is 1. The number of halogens is 2. The molecule has 1 atom stereocenters. The Bertz CT molecular complexity index is 1160. The van der Waals surface area contributed by atoms with E-state index in [0.29, 0.717) is 18.0 Å². The molecule has 0 spiro atoms. The molecule has 198 valence electrons. The molecule has 11 heteroatoms. The maximum absolute atomic E-state index is 13.3. The summed E-state index contributed by atoms with van der Waals surface area (Å²) in [4.78, 5) is 27.5. The van der Waals surface area contributed by atoms with E-state index < -0.39 is 16.1 Å². The normalized spacial score (nSPS) is 12.1. The van der Waals surface area contributed by atoms with Gasteiger partial charge in [-0.25, -0.2) is 8.42 Å². The summed E-state index contributed by atoms with van der Waals surface area (Å²) in [6.07, 6.45) is 2.21. The van der Waals surface area contributed by atoms with E-state index in [-0.39, 0.29) is 42.8 Å². The third-order valence-corrected chi connectivity index (χ3v) is 7.52. The fourth-order valence-electron chi connectivity index (χ4n) is 3.62. The van der Waals surface area contributed by atoms with Gasteiger partial charge in [0.1, 0.15) is 11.8 Å². The fraction of sp³-hybridized carbons (Fsp3) is 0.440. The highest BCUT2D eigenvalue weighted by molar-refractivity contribution is 9.10. The number of hydrogen-bond donors (Lipinski definition) is 1. The molecule has 0 aliphatic rings. The minimum atomic E-state index is -3.63. The summed E-state index contributed by atoms with van der Waals surface area (Å²) >= 11 is 9.63. The van der Waals surface area contributed by atoms with Gasteiger partial charge < -0.3 is 15.0 Å². The predicted molar refractivity (Wildman–Crippen MR) is 147 cm³/mol. The van der Waals surface area contributed by atoms with Crippen molar-refractivity contribution in [3.63, 3.8) is 0 Å². The van der Waals surface area contributed by atoms with E-state index in [1.807, 2.05) is 31.2 Å². The second-order valence-corrected chi connectivity index (χ2v) is 11.6. The van der Waals surface area contributed by atoms with Crippen molar-refractivity contribution in [3.8, 4) is 5.75 Å². The van der Waals surface area contributed by atoms with Crippen LogP contribution in [0.1, 0.15) is 38.7 Å². The van der Waals surface area contributed by atoms with Gasteiger partial charge in [0.2, 0.25) is 21.8 Å². The first-order valence-corrected chi connectivity index (χ1v) is 14.6. The number of amides is 2. The van der Waals surface area contributed by atoms with Gasteiger partial charge in [0.15, 0.2) is 0 Å². The molecule has 0 saturated carbocycles. The SMILES string of the molecule is CCCNC(=O)[C@@H](C)N(Cc1cccc(Br)c1)C(=O)CCCN(c1ccc(OC)c(Cl)c1)S(C)(=O)=O. The van der Waals surface area contributed by atoms with Gasteiger partial charge >= 0.3 is 0 Å². The van der Waals surface area contributed by atoms with Crippen LogP contribution in [0.2, 0.25) is 5.02 Å². The lowest BCUT2D eigenvalue weighted by Crippen LogP contribution is -2.47. The average Bonchev–Trinajstić information content (AvgIpc) is 2.82. The lowest BCUT2D eigenvalue weighted by Gasteiger charge is -2.29. The number of carbonyl (C=O) groups is 2. The van der Waals surface area contributed by atoms with E-state index in [2.05, 4.69) is 21.2 Å². The van der Waals surface area contributed by atoms with Gasteiger partial charge in [-0.05, 0) is 55.7 Å². The molecule has 2 aromatic rings. The molecule has 0 aliphatic heterocycles. The molecule has 1 N–H and O–H groups in total. The van der Waals surface area contributed by atoms with Gasteiger partial charge in [-0.1, -0.05) is 46.6 Å². The monoisotopic (exact) mass is 601 g/mol. The Morgan fingerprint density at radius 1 is 1.19 bits per heavy atom. The van der Waals surface area contributed by atoms with Gasteiger partial charge in [0.25, 0.3) is 0 Å². The topological polar surface area (TPSA) is 96.0 Å². The molecule has 0 fully saturated rings. The first-order valence-electron chi connectivity index (χ1n) is 11.6. The van der Waals surface area contributed by atoms with Gasteiger partial charge in [-0.2, -0.15) is 0 Å². The number of methoxy groups -OCH3 is 1. The van der Waals surface area contributed by atoms with Gasteiger partial charge in [0.05, 0.1) is 24.1 Å². The Morgan fingerprint density at radius 3 is 2.50 bits per heavy atom. The van der Waals surface area contributed by atoms with Crippen LogP contribution in [-0.4, -0.2) is 57.6 Å². The van der Waals surface area contributed by atoms with Crippen LogP contribution in [0.15, 0.2) is 46.9 Å². The van der Waals surface area contributed by atoms with Crippen molar-refractivity contribution in [1.29, 1.82) is 0 Å². The standard InChI is InChI=1S/C25H33BrClN3O5S/c1-5-13-28-25(32)18(2)29(17-19-8-6-9-20(26)15-19)24(31)10-7-14-30(36(4,33)34)21-11-12-23(35-3)22(27)16-21/h6,8-9,11-12,15-16,18H,5,7,10,13-14,17H2,1-4H3,(H,28,32)/t18-/m1/s1. The maximum atomic E-state index is 13.3. The van der Waals surface area contributed by atoms with E-state index in [0.717, 1.165) is 22.7 Å². The first kappa shape index (κ1) is 29.9. The molecule has 0 unspecified atom stereocenters. The van der Waals surface area contributed by atoms with Crippen molar-refractivity contribution >= 4 is 55.1 Å². The van der Waals surface area contributed by atoms with Crippen LogP contribution < -0.4 is 14.4 Å². The molecular weight excluding hydrogens is 570 g/mol. The zero-order valence-corrected chi connectivity index (χ0v) is 24.1. The first-order chi connectivity index (χ1) is 17.0. The van der Waals surface area contributed by atoms with Crippen LogP contribution in [0, 0.1) is 0 Å². The summed E-state index contributed by atoms with van der Waals surface area (Å²) < 4.78 is 32.2. The van der Waals surface area contributed by atoms with Crippen LogP contribution in [0.5, 0.6) is 5.75 Å². The third-order valence-electron chi connectivity index (χ3n) is 5.53. The Hall–Kier alpha value is -2.30. The molecule has 0 saturated heterocycles. The number of nitrogens with zero attached hydrogens (tertiary/aromatic N) is 2. The van der Waals surface area contributed by atoms with E-state index in [9.17, 15) is 18.0 Å². The van der Waals surface area contributed by atoms with Crippen molar-refractivity contribution in [2.45, 2.75) is 45.7 Å². The number of hydrogen-bond acceptors (Lipinski definition) is 5. The molecule has 8 nitrogen and oxygen atoms in total. The van der Waals surface area contributed by atoms with Gasteiger partial charge in [0, 0.05) is 30.5 Å². The third kappa shape index (κ3) is 8.67. The largest absolute Gasteiger partial charge is 0.495 e. The highest BCUT2D eigenvalue weighted by Crippen LogP contribution is 2.30. The number of ether oxygens (including phenoxy) is 1. The van der Waals surface area contributed by atoms with Gasteiger partial charge in [-0.15, -0.1) is 0 Å². The quantitative estimate of drug-likeness (QED) is 0.362.